The Labute approximate surface area is 600 Å². The van der Waals surface area contributed by atoms with Gasteiger partial charge in [0.25, 0.3) is 0 Å². The summed E-state index contributed by atoms with van der Waals surface area (Å²) < 4.78 is 7.91. The van der Waals surface area contributed by atoms with E-state index in [1.54, 1.807) is 0 Å². The predicted molar refractivity (Wildman–Crippen MR) is 432 cm³/mol. The van der Waals surface area contributed by atoms with E-state index in [2.05, 4.69) is 256 Å². The molecule has 6 aromatic heterocycles. The summed E-state index contributed by atoms with van der Waals surface area (Å²) >= 11 is 4.18. The average molecular weight is 1390 g/mol. The van der Waals surface area contributed by atoms with Crippen LogP contribution in [0.2, 0.25) is 0 Å². The highest BCUT2D eigenvalue weighted by molar-refractivity contribution is 9.10. The number of hydrogen-bond acceptors (Lipinski definition) is 5. The quantitative estimate of drug-likeness (QED) is 0.0408. The lowest BCUT2D eigenvalue weighted by Crippen LogP contribution is -2.03. The van der Waals surface area contributed by atoms with Crippen LogP contribution in [-0.2, 0) is 12.8 Å². The van der Waals surface area contributed by atoms with Crippen molar-refractivity contribution in [1.29, 1.82) is 0 Å². The average Bonchev–Trinajstić information content (AvgIpc) is 1.62. The molecule has 0 unspecified atom stereocenters. The van der Waals surface area contributed by atoms with Crippen LogP contribution in [0.5, 0.6) is 5.75 Å². The molecule has 0 saturated carbocycles. The second-order valence-electron chi connectivity index (χ2n) is 27.9. The molecule has 10 heterocycles. The van der Waals surface area contributed by atoms with Crippen molar-refractivity contribution >= 4 is 120 Å². The third-order valence-corrected chi connectivity index (χ3v) is 23.2. The number of aromatic nitrogens is 8. The van der Waals surface area contributed by atoms with Crippen LogP contribution in [0.25, 0.3) is 104 Å². The molecule has 0 saturated heterocycles. The molecule has 0 radical (unpaired) electrons. The Morgan fingerprint density at radius 1 is 0.354 bits per heavy atom. The molecule has 0 atom stereocenters. The number of methoxy groups -OCH3 is 1. The molecule has 11 rings (SSSR count). The lowest BCUT2D eigenvalue weighted by Gasteiger charge is -2.16. The van der Waals surface area contributed by atoms with E-state index >= 15 is 0 Å². The molecule has 1 aromatic carbocycles. The first-order valence-corrected chi connectivity index (χ1v) is 39.0. The van der Waals surface area contributed by atoms with Gasteiger partial charge in [0, 0.05) is 94.9 Å². The minimum atomic E-state index is 0.246. The summed E-state index contributed by atoms with van der Waals surface area (Å²) in [5.41, 5.74) is 34.1. The zero-order chi connectivity index (χ0) is 70.3. The number of hydrogen-bond donors (Lipinski definition) is 4. The molecule has 0 amide bonds. The number of nitrogens with one attached hydrogen (secondary N) is 4. The Kier molecular flexibility index (Phi) is 23.6. The van der Waals surface area contributed by atoms with Gasteiger partial charge in [-0.25, -0.2) is 19.9 Å². The predicted octanol–water partition coefficient (Wildman–Crippen LogP) is 26.6. The smallest absolute Gasteiger partial charge is 0.125 e. The van der Waals surface area contributed by atoms with Gasteiger partial charge >= 0.3 is 0 Å². The largest absolute Gasteiger partial charge is 0.496 e. The minimum absolute atomic E-state index is 0.246. The second kappa shape index (κ2) is 32.2. The van der Waals surface area contributed by atoms with Gasteiger partial charge in [0.05, 0.1) is 63.7 Å². The molecule has 520 valence electrons. The van der Waals surface area contributed by atoms with Crippen molar-refractivity contribution in [3.05, 3.63) is 177 Å². The lowest BCUT2D eigenvalue weighted by atomic mass is 9.91. The van der Waals surface area contributed by atoms with E-state index in [1.165, 1.54) is 66.8 Å². The van der Waals surface area contributed by atoms with Gasteiger partial charge in [-0.3, -0.25) is 0 Å². The molecule has 4 N–H and O–H groups in total. The Balaban J connectivity index is 1.23. The molecule has 10 heteroatoms. The molecule has 9 nitrogen and oxygen atoms in total. The highest BCUT2D eigenvalue weighted by Crippen LogP contribution is 2.45. The Bertz CT molecular complexity index is 4380. The van der Waals surface area contributed by atoms with E-state index < -0.39 is 0 Å². The molecule has 0 spiro atoms. The van der Waals surface area contributed by atoms with Crippen molar-refractivity contribution in [1.82, 2.24) is 39.9 Å². The number of fused-ring (bicyclic) bond motifs is 16. The summed E-state index contributed by atoms with van der Waals surface area (Å²) in [7, 11) is 1.87. The number of H-pyrrole nitrogens is 4. The van der Waals surface area contributed by atoms with Gasteiger partial charge in [-0.15, -0.1) is 0 Å². The number of allylic oxidation sites excluding steroid dienone is 4. The standard InChI is InChI=1S/C89H111BrN8O/c1-18-52(19-2)79-65-34-36-67(91-65)81(54(22-5)23-6)71-42-44-75(95-71)85(58(30-13)31-14)87-60(50-77(97-87)83(56(26-9)27-10)73-40-38-69(79)93-73)46-62-48-64(90)49-63(89(62)99-17)47-61-51-78-84(57(28-11)29-12)74-41-39-70(94-74)80(53(20-3)21-4)66-35-37-68(92-66)82(55(24-7)25-8)72-43-45-76(96-72)86(88(61)98-78)59(32-15)33-16/h30,32,34-45,48-57,95-98H,18-29,31,33,46-47H2,1-17H3/b58-30+,59-32+,79-65?,79-69?,80-66?,80-70?,81-67?,81-71?,82-68?,82-72?,83-73?,83-77?,84-74?,84-78?,85-75?,86-76?,87-85?,88-86?. The second-order valence-corrected chi connectivity index (χ2v) is 28.8. The number of nitrogens with zero attached hydrogens (tertiary/aromatic N) is 4. The SMILES string of the molecule is C/C=C(\CC)c1c2ccc([nH]2)c(C(CC)CC)c2nc(c(C(CC)CC)c3nc(c(C(CC)CC)c4cc(Cc5cc(Br)cc(Cc6cc7[nH]c6c(/C(=C/C)CC)c6ccc([nH]6)c(C(CC)CC)c6nc(c(C(CC)CC)c8nc(c7C(CC)CC)C=C8)C=C6)c5OC)c1[nH]4)C=C3)C=C2. The van der Waals surface area contributed by atoms with Gasteiger partial charge < -0.3 is 24.7 Å². The molecule has 7 aromatic rings. The van der Waals surface area contributed by atoms with Gasteiger partial charge in [-0.05, 0) is 270 Å². The number of halogens is 1. The van der Waals surface area contributed by atoms with Gasteiger partial charge in [0.15, 0.2) is 0 Å². The fourth-order valence-corrected chi connectivity index (χ4v) is 17.8. The van der Waals surface area contributed by atoms with Gasteiger partial charge in [-0.2, -0.15) is 0 Å². The van der Waals surface area contributed by atoms with E-state index in [0.717, 1.165) is 201 Å². The van der Waals surface area contributed by atoms with Crippen LogP contribution in [0, 0.1) is 0 Å². The minimum Gasteiger partial charge on any atom is -0.496 e. The van der Waals surface area contributed by atoms with E-state index in [1.807, 2.05) is 7.11 Å². The van der Waals surface area contributed by atoms with E-state index in [4.69, 9.17) is 24.7 Å². The lowest BCUT2D eigenvalue weighted by molar-refractivity contribution is 0.406. The Morgan fingerprint density at radius 3 is 0.879 bits per heavy atom. The van der Waals surface area contributed by atoms with Crippen molar-refractivity contribution in [2.24, 2.45) is 0 Å². The van der Waals surface area contributed by atoms with Crippen molar-refractivity contribution in [2.75, 3.05) is 7.11 Å². The monoisotopic (exact) mass is 1390 g/mol. The fraction of sp³-hybridized carbons (Fsp3) is 0.438. The maximum atomic E-state index is 6.91. The van der Waals surface area contributed by atoms with Crippen LogP contribution in [0.1, 0.15) is 348 Å². The molecule has 99 heavy (non-hydrogen) atoms. The molecule has 4 aliphatic heterocycles. The topological polar surface area (TPSA) is 124 Å². The maximum Gasteiger partial charge on any atom is 0.125 e. The van der Waals surface area contributed by atoms with E-state index in [9.17, 15) is 0 Å². The van der Waals surface area contributed by atoms with Crippen LogP contribution >= 0.6 is 15.9 Å². The zero-order valence-corrected chi connectivity index (χ0v) is 64.3. The highest BCUT2D eigenvalue weighted by Gasteiger charge is 2.29. The van der Waals surface area contributed by atoms with Crippen molar-refractivity contribution in [3.8, 4) is 5.75 Å². The summed E-state index contributed by atoms with van der Waals surface area (Å²) in [6.45, 7) is 36.8. The van der Waals surface area contributed by atoms with Gasteiger partial charge in [0.2, 0.25) is 0 Å². The van der Waals surface area contributed by atoms with Gasteiger partial charge in [-0.1, -0.05) is 125 Å². The zero-order valence-electron chi connectivity index (χ0n) is 62.7. The van der Waals surface area contributed by atoms with Crippen LogP contribution in [0.3, 0.4) is 0 Å². The molecular formula is C89H111BrN8O. The van der Waals surface area contributed by atoms with E-state index in [-0.39, 0.29) is 11.8 Å². The summed E-state index contributed by atoms with van der Waals surface area (Å²) in [5.74, 6) is 2.59. The van der Waals surface area contributed by atoms with Crippen molar-refractivity contribution in [3.63, 3.8) is 0 Å². The fourth-order valence-electron chi connectivity index (χ4n) is 17.2. The molecule has 0 aliphatic carbocycles. The molecular weight excluding hydrogens is 1280 g/mol. The Hall–Kier alpha value is -7.82. The van der Waals surface area contributed by atoms with E-state index in [0.29, 0.717) is 36.5 Å². The molecule has 0 fully saturated rings. The van der Waals surface area contributed by atoms with Crippen molar-refractivity contribution in [2.45, 2.75) is 249 Å². The summed E-state index contributed by atoms with van der Waals surface area (Å²) in [6.07, 6.45) is 37.7. The highest BCUT2D eigenvalue weighted by atomic mass is 79.9. The first kappa shape index (κ1) is 72.4. The normalized spacial score (nSPS) is 13.3. The van der Waals surface area contributed by atoms with Crippen LogP contribution in [0.15, 0.2) is 65.2 Å². The Morgan fingerprint density at radius 2 is 0.616 bits per heavy atom. The number of aromatic amines is 4. The molecule has 4 aliphatic rings. The summed E-state index contributed by atoms with van der Waals surface area (Å²) in [4.78, 5) is 39.5. The third-order valence-electron chi connectivity index (χ3n) is 22.8. The van der Waals surface area contributed by atoms with Crippen LogP contribution in [0.4, 0.5) is 0 Å². The number of ether oxygens (including phenoxy) is 1. The number of rotatable bonds is 27. The summed E-state index contributed by atoms with van der Waals surface area (Å²) in [6, 6.07) is 18.8. The van der Waals surface area contributed by atoms with Crippen molar-refractivity contribution < 1.29 is 4.74 Å². The van der Waals surface area contributed by atoms with Gasteiger partial charge in [0.1, 0.15) is 5.75 Å². The first-order valence-electron chi connectivity index (χ1n) is 38.2. The number of benzene rings is 1. The summed E-state index contributed by atoms with van der Waals surface area (Å²) in [5, 5.41) is 0. The molecule has 16 bridgehead atoms. The first-order chi connectivity index (χ1) is 48.2. The maximum absolute atomic E-state index is 6.91. The van der Waals surface area contributed by atoms with Crippen LogP contribution in [-0.4, -0.2) is 47.0 Å². The van der Waals surface area contributed by atoms with Crippen LogP contribution < -0.4 is 4.74 Å². The third kappa shape index (κ3) is 14.0.